The lowest BCUT2D eigenvalue weighted by Gasteiger charge is -2.11. The number of hydrogen-bond acceptors (Lipinski definition) is 5. The molecule has 20 heavy (non-hydrogen) atoms. The number of carbonyl (C=O) groups excluding carboxylic acids is 1. The summed E-state index contributed by atoms with van der Waals surface area (Å²) in [7, 11) is 3.09. The minimum absolute atomic E-state index is 0.102. The van der Waals surface area contributed by atoms with Gasteiger partial charge < -0.3 is 19.3 Å². The summed E-state index contributed by atoms with van der Waals surface area (Å²) in [6.07, 6.45) is 0. The Bertz CT molecular complexity index is 648. The Morgan fingerprint density at radius 3 is 2.35 bits per heavy atom. The van der Waals surface area contributed by atoms with E-state index in [1.807, 2.05) is 6.07 Å². The molecule has 0 atom stereocenters. The van der Waals surface area contributed by atoms with Crippen LogP contribution >= 0.6 is 0 Å². The fraction of sp³-hybridized carbons (Fsp3) is 0.267. The normalized spacial score (nSPS) is 10.3. The van der Waals surface area contributed by atoms with Crippen molar-refractivity contribution in [2.75, 3.05) is 14.2 Å². The van der Waals surface area contributed by atoms with Gasteiger partial charge in [0.15, 0.2) is 11.5 Å². The highest BCUT2D eigenvalue weighted by Gasteiger charge is 2.10. The Labute approximate surface area is 116 Å². The van der Waals surface area contributed by atoms with Crippen molar-refractivity contribution < 1.29 is 24.1 Å². The van der Waals surface area contributed by atoms with Crippen LogP contribution in [0, 0.1) is 0 Å². The van der Waals surface area contributed by atoms with Crippen LogP contribution in [0.25, 0.3) is 10.8 Å². The lowest BCUT2D eigenvalue weighted by Crippen LogP contribution is -1.99. The number of esters is 1. The van der Waals surface area contributed by atoms with E-state index in [-0.39, 0.29) is 18.3 Å². The van der Waals surface area contributed by atoms with Gasteiger partial charge in [-0.2, -0.15) is 0 Å². The molecule has 0 aliphatic rings. The van der Waals surface area contributed by atoms with E-state index in [2.05, 4.69) is 0 Å². The van der Waals surface area contributed by atoms with E-state index < -0.39 is 0 Å². The Morgan fingerprint density at radius 2 is 1.75 bits per heavy atom. The molecule has 5 heteroatoms. The van der Waals surface area contributed by atoms with Gasteiger partial charge in [0.25, 0.3) is 0 Å². The summed E-state index contributed by atoms with van der Waals surface area (Å²) in [4.78, 5) is 10.8. The number of rotatable bonds is 4. The van der Waals surface area contributed by atoms with Crippen LogP contribution in [-0.2, 0) is 16.1 Å². The molecule has 0 saturated carbocycles. The molecule has 0 heterocycles. The van der Waals surface area contributed by atoms with Crippen LogP contribution in [0.1, 0.15) is 12.5 Å². The Morgan fingerprint density at radius 1 is 1.10 bits per heavy atom. The molecule has 2 aromatic carbocycles. The average molecular weight is 276 g/mol. The van der Waals surface area contributed by atoms with Crippen molar-refractivity contribution in [1.82, 2.24) is 0 Å². The van der Waals surface area contributed by atoms with Crippen molar-refractivity contribution in [3.05, 3.63) is 29.8 Å². The molecule has 0 bridgehead atoms. The van der Waals surface area contributed by atoms with Gasteiger partial charge in [-0.05, 0) is 35.2 Å². The molecule has 0 aliphatic carbocycles. The van der Waals surface area contributed by atoms with Crippen LogP contribution in [0.4, 0.5) is 0 Å². The standard InChI is InChI=1S/C15H16O5/c1-9(16)20-8-10-4-11-6-14(18-2)15(19-3)7-12(11)13(17)5-10/h4-7,17H,8H2,1-3H3. The van der Waals surface area contributed by atoms with Crippen LogP contribution < -0.4 is 9.47 Å². The molecule has 0 unspecified atom stereocenters. The maximum absolute atomic E-state index is 10.8. The largest absolute Gasteiger partial charge is 0.507 e. The average Bonchev–Trinajstić information content (AvgIpc) is 2.43. The van der Waals surface area contributed by atoms with Crippen molar-refractivity contribution >= 4 is 16.7 Å². The maximum atomic E-state index is 10.8. The van der Waals surface area contributed by atoms with E-state index in [1.165, 1.54) is 14.0 Å². The summed E-state index contributed by atoms with van der Waals surface area (Å²) in [5.41, 5.74) is 0.706. The smallest absolute Gasteiger partial charge is 0.302 e. The second-order valence-electron chi connectivity index (χ2n) is 4.32. The van der Waals surface area contributed by atoms with Gasteiger partial charge >= 0.3 is 5.97 Å². The molecular weight excluding hydrogens is 260 g/mol. The number of methoxy groups -OCH3 is 2. The molecule has 0 radical (unpaired) electrons. The Balaban J connectivity index is 2.50. The first-order valence-corrected chi connectivity index (χ1v) is 6.06. The lowest BCUT2D eigenvalue weighted by molar-refractivity contribution is -0.142. The van der Waals surface area contributed by atoms with Crippen molar-refractivity contribution in [1.29, 1.82) is 0 Å². The minimum Gasteiger partial charge on any atom is -0.507 e. The van der Waals surface area contributed by atoms with Gasteiger partial charge in [0, 0.05) is 12.3 Å². The van der Waals surface area contributed by atoms with Crippen LogP contribution in [0.2, 0.25) is 0 Å². The molecule has 1 N–H and O–H groups in total. The number of aromatic hydroxyl groups is 1. The maximum Gasteiger partial charge on any atom is 0.302 e. The van der Waals surface area contributed by atoms with Crippen LogP contribution in [0.15, 0.2) is 24.3 Å². The van der Waals surface area contributed by atoms with Gasteiger partial charge in [-0.15, -0.1) is 0 Å². The van der Waals surface area contributed by atoms with Gasteiger partial charge in [0.2, 0.25) is 0 Å². The SMILES string of the molecule is COc1cc2cc(COC(C)=O)cc(O)c2cc1OC. The molecule has 0 amide bonds. The highest BCUT2D eigenvalue weighted by molar-refractivity contribution is 5.91. The summed E-state index contributed by atoms with van der Waals surface area (Å²) in [6, 6.07) is 6.88. The molecule has 5 nitrogen and oxygen atoms in total. The first-order valence-electron chi connectivity index (χ1n) is 6.06. The van der Waals surface area contributed by atoms with E-state index in [0.717, 1.165) is 5.39 Å². The molecule has 2 aromatic rings. The molecule has 0 fully saturated rings. The van der Waals surface area contributed by atoms with Crippen LogP contribution in [0.5, 0.6) is 17.2 Å². The van der Waals surface area contributed by atoms with Gasteiger partial charge in [0.1, 0.15) is 12.4 Å². The number of benzene rings is 2. The number of phenols is 1. The van der Waals surface area contributed by atoms with E-state index >= 15 is 0 Å². The molecular formula is C15H16O5. The molecule has 0 aliphatic heterocycles. The van der Waals surface area contributed by atoms with Crippen molar-refractivity contribution in [2.45, 2.75) is 13.5 Å². The fourth-order valence-corrected chi connectivity index (χ4v) is 2.00. The highest BCUT2D eigenvalue weighted by Crippen LogP contribution is 2.36. The monoisotopic (exact) mass is 276 g/mol. The van der Waals surface area contributed by atoms with Crippen molar-refractivity contribution in [3.63, 3.8) is 0 Å². The predicted octanol–water partition coefficient (Wildman–Crippen LogP) is 2.63. The first kappa shape index (κ1) is 14.0. The first-order chi connectivity index (χ1) is 9.55. The Hall–Kier alpha value is -2.43. The van der Waals surface area contributed by atoms with Gasteiger partial charge in [-0.1, -0.05) is 0 Å². The molecule has 0 saturated heterocycles. The summed E-state index contributed by atoms with van der Waals surface area (Å²) in [5, 5.41) is 11.5. The second-order valence-corrected chi connectivity index (χ2v) is 4.32. The molecule has 0 spiro atoms. The second kappa shape index (κ2) is 5.69. The van der Waals surface area contributed by atoms with E-state index in [4.69, 9.17) is 14.2 Å². The van der Waals surface area contributed by atoms with Crippen LogP contribution in [0.3, 0.4) is 0 Å². The summed E-state index contributed by atoms with van der Waals surface area (Å²) >= 11 is 0. The summed E-state index contributed by atoms with van der Waals surface area (Å²) in [6.45, 7) is 1.46. The minimum atomic E-state index is -0.364. The quantitative estimate of drug-likeness (QED) is 0.870. The van der Waals surface area contributed by atoms with Crippen molar-refractivity contribution in [3.8, 4) is 17.2 Å². The zero-order chi connectivity index (χ0) is 14.7. The third kappa shape index (κ3) is 2.77. The predicted molar refractivity (Wildman–Crippen MR) is 74.2 cm³/mol. The van der Waals surface area contributed by atoms with E-state index in [1.54, 1.807) is 25.3 Å². The highest BCUT2D eigenvalue weighted by atomic mass is 16.5. The van der Waals surface area contributed by atoms with E-state index in [9.17, 15) is 9.90 Å². The summed E-state index contributed by atoms with van der Waals surface area (Å²) in [5.74, 6) is 0.856. The lowest BCUT2D eigenvalue weighted by atomic mass is 10.1. The molecule has 2 rings (SSSR count). The summed E-state index contributed by atoms with van der Waals surface area (Å²) < 4.78 is 15.4. The van der Waals surface area contributed by atoms with Gasteiger partial charge in [-0.25, -0.2) is 0 Å². The number of phenolic OH excluding ortho intramolecular Hbond substituents is 1. The number of carbonyl (C=O) groups is 1. The topological polar surface area (TPSA) is 65.0 Å². The van der Waals surface area contributed by atoms with Crippen LogP contribution in [-0.4, -0.2) is 25.3 Å². The third-order valence-corrected chi connectivity index (χ3v) is 2.94. The van der Waals surface area contributed by atoms with Gasteiger partial charge in [0.05, 0.1) is 14.2 Å². The number of fused-ring (bicyclic) bond motifs is 1. The van der Waals surface area contributed by atoms with Gasteiger partial charge in [-0.3, -0.25) is 4.79 Å². The molecule has 106 valence electrons. The molecule has 0 aromatic heterocycles. The zero-order valence-corrected chi connectivity index (χ0v) is 11.6. The third-order valence-electron chi connectivity index (χ3n) is 2.94. The number of ether oxygens (including phenoxy) is 3. The Kier molecular flexibility index (Phi) is 3.98. The zero-order valence-electron chi connectivity index (χ0n) is 11.6. The van der Waals surface area contributed by atoms with E-state index in [0.29, 0.717) is 22.4 Å². The number of hydrogen-bond donors (Lipinski definition) is 1. The van der Waals surface area contributed by atoms with Crippen molar-refractivity contribution in [2.24, 2.45) is 0 Å². The fourth-order valence-electron chi connectivity index (χ4n) is 2.00.